The minimum atomic E-state index is -3.76. The van der Waals surface area contributed by atoms with Crippen molar-refractivity contribution in [2.75, 3.05) is 52.3 Å². The molecule has 0 bridgehead atoms. The van der Waals surface area contributed by atoms with Crippen molar-refractivity contribution in [3.05, 3.63) is 91.0 Å². The molecule has 0 radical (unpaired) electrons. The van der Waals surface area contributed by atoms with Gasteiger partial charge in [-0.3, -0.25) is 18.6 Å². The largest absolute Gasteiger partial charge is 0.388 e. The average molecular weight is 695 g/mol. The molecule has 3 N–H and O–H groups in total. The molecule has 44 heavy (non-hydrogen) atoms. The number of para-hydroxylation sites is 3. The molecule has 0 aromatic heterocycles. The monoisotopic (exact) mass is 694 g/mol. The minimum Gasteiger partial charge on any atom is -0.388 e. The summed E-state index contributed by atoms with van der Waals surface area (Å²) < 4.78 is 68.0. The van der Waals surface area contributed by atoms with Crippen LogP contribution in [0.4, 0.5) is 17.1 Å². The Kier molecular flexibility index (Phi) is 20.7. The Morgan fingerprint density at radius 3 is 1.32 bits per heavy atom. The maximum Gasteiger partial charge on any atom is 0.260 e. The maximum atomic E-state index is 11.7. The van der Waals surface area contributed by atoms with Crippen molar-refractivity contribution in [3.63, 3.8) is 0 Å². The van der Waals surface area contributed by atoms with Gasteiger partial charge in [-0.25, -0.2) is 30.7 Å². The molecule has 12 nitrogen and oxygen atoms in total. The number of halogens is 1. The van der Waals surface area contributed by atoms with Crippen molar-refractivity contribution in [2.24, 2.45) is 0 Å². The van der Waals surface area contributed by atoms with Crippen molar-refractivity contribution < 1.29 is 35.3 Å². The Morgan fingerprint density at radius 2 is 1.05 bits per heavy atom. The van der Waals surface area contributed by atoms with Crippen LogP contribution in [-0.2, 0) is 33.9 Å². The molecule has 3 aromatic rings. The predicted octanol–water partition coefficient (Wildman–Crippen LogP) is 4.37. The summed E-state index contributed by atoms with van der Waals surface area (Å²) in [6.45, 7) is 3.12. The van der Waals surface area contributed by atoms with Crippen LogP contribution in [0.15, 0.2) is 91.0 Å². The molecule has 0 unspecified atom stereocenters. The minimum absolute atomic E-state index is 0. The lowest BCUT2D eigenvalue weighted by Gasteiger charge is -2.18. The molecule has 248 valence electrons. The third-order valence-electron chi connectivity index (χ3n) is 5.28. The first kappa shape index (κ1) is 42.8. The third kappa shape index (κ3) is 17.7. The van der Waals surface area contributed by atoms with E-state index in [4.69, 9.17) is 5.21 Å². The van der Waals surface area contributed by atoms with Crippen LogP contribution >= 0.6 is 10.7 Å². The molecule has 0 aliphatic heterocycles. The van der Waals surface area contributed by atoms with Gasteiger partial charge >= 0.3 is 0 Å². The fourth-order valence-corrected chi connectivity index (χ4v) is 4.55. The molecule has 0 heterocycles. The van der Waals surface area contributed by atoms with Crippen LogP contribution in [0.25, 0.3) is 0 Å². The summed E-state index contributed by atoms with van der Waals surface area (Å²) in [6.07, 6.45) is 0. The standard InChI is InChI=1S/C9H12N2O4S.C9H13NO2S.C7H9N.C2H5ClO2S.CH4/c1-11(8-5-3-2-4-6-8)16(14,15)7-9(12)10-13;1-3-13(11,12)10(2)9-7-5-4-6-8-9;1-8-7-5-3-2-4-6-7;1-2-6(3,4)5;/h2-6,13H,7H2,1H3,(H,10,12);4-8H,3H2,1-2H3;2-6,8H,1H3;2H2,1H3;1H4. The lowest BCUT2D eigenvalue weighted by Crippen LogP contribution is -2.36. The highest BCUT2D eigenvalue weighted by Gasteiger charge is 2.22. The number of benzene rings is 3. The van der Waals surface area contributed by atoms with Crippen molar-refractivity contribution in [3.8, 4) is 0 Å². The van der Waals surface area contributed by atoms with Crippen molar-refractivity contribution in [2.45, 2.75) is 21.3 Å². The SMILES string of the molecule is C.CCS(=O)(=O)Cl.CCS(=O)(=O)N(C)c1ccccc1.CN(c1ccccc1)S(=O)(=O)CC(=O)NO.CNc1ccccc1. The Balaban J connectivity index is 0. The molecule has 1 amide bonds. The van der Waals surface area contributed by atoms with Gasteiger partial charge < -0.3 is 5.32 Å². The molecule has 0 aliphatic carbocycles. The molecule has 16 heteroatoms. The van der Waals surface area contributed by atoms with Gasteiger partial charge in [0, 0.05) is 37.5 Å². The normalized spacial score (nSPS) is 10.4. The molecule has 0 aliphatic rings. The number of carbonyl (C=O) groups is 1. The van der Waals surface area contributed by atoms with Gasteiger partial charge in [-0.15, -0.1) is 0 Å². The molecular weight excluding hydrogens is 652 g/mol. The second-order valence-corrected chi connectivity index (χ2v) is 15.6. The van der Waals surface area contributed by atoms with E-state index in [9.17, 15) is 30.0 Å². The summed E-state index contributed by atoms with van der Waals surface area (Å²) in [6, 6.07) is 27.4. The van der Waals surface area contributed by atoms with Crippen LogP contribution in [0, 0.1) is 0 Å². The highest BCUT2D eigenvalue weighted by atomic mass is 35.7. The highest BCUT2D eigenvalue weighted by Crippen LogP contribution is 2.16. The van der Waals surface area contributed by atoms with Crippen LogP contribution in [0.3, 0.4) is 0 Å². The van der Waals surface area contributed by atoms with Crippen LogP contribution < -0.4 is 19.4 Å². The average Bonchev–Trinajstić information content (AvgIpc) is 3.01. The zero-order valence-corrected chi connectivity index (χ0v) is 27.8. The number of hydrogen-bond donors (Lipinski definition) is 3. The smallest absolute Gasteiger partial charge is 0.260 e. The first-order valence-corrected chi connectivity index (χ1v) is 18.4. The van der Waals surface area contributed by atoms with E-state index in [1.165, 1.54) is 23.8 Å². The molecule has 0 saturated carbocycles. The van der Waals surface area contributed by atoms with Gasteiger partial charge in [0.25, 0.3) is 5.91 Å². The summed E-state index contributed by atoms with van der Waals surface area (Å²) >= 11 is 0. The molecule has 0 fully saturated rings. The van der Waals surface area contributed by atoms with Gasteiger partial charge in [-0.1, -0.05) is 68.9 Å². The highest BCUT2D eigenvalue weighted by molar-refractivity contribution is 8.13. The van der Waals surface area contributed by atoms with Gasteiger partial charge in [-0.2, -0.15) is 0 Å². The van der Waals surface area contributed by atoms with E-state index in [1.54, 1.807) is 56.4 Å². The van der Waals surface area contributed by atoms with E-state index in [1.807, 2.05) is 55.6 Å². The number of nitrogens with one attached hydrogen (secondary N) is 2. The zero-order valence-electron chi connectivity index (χ0n) is 24.6. The van der Waals surface area contributed by atoms with E-state index in [0.717, 1.165) is 9.99 Å². The van der Waals surface area contributed by atoms with Crippen LogP contribution in [0.2, 0.25) is 0 Å². The Morgan fingerprint density at radius 1 is 0.705 bits per heavy atom. The van der Waals surface area contributed by atoms with Gasteiger partial charge in [0.2, 0.25) is 29.1 Å². The Labute approximate surface area is 267 Å². The molecule has 0 saturated heterocycles. The summed E-state index contributed by atoms with van der Waals surface area (Å²) in [4.78, 5) is 10.8. The first-order chi connectivity index (χ1) is 20.0. The summed E-state index contributed by atoms with van der Waals surface area (Å²) in [7, 11) is -0.563. The van der Waals surface area contributed by atoms with Gasteiger partial charge in [0.15, 0.2) is 5.75 Å². The van der Waals surface area contributed by atoms with E-state index < -0.39 is 40.8 Å². The topological polar surface area (TPSA) is 170 Å². The number of carbonyl (C=O) groups excluding carboxylic acids is 1. The number of anilines is 3. The number of hydroxylamine groups is 1. The van der Waals surface area contributed by atoms with Gasteiger partial charge in [0.05, 0.1) is 22.9 Å². The van der Waals surface area contributed by atoms with Crippen LogP contribution in [-0.4, -0.2) is 74.8 Å². The molecule has 3 aromatic carbocycles. The second kappa shape index (κ2) is 21.4. The molecule has 0 atom stereocenters. The molecule has 0 spiro atoms. The lowest BCUT2D eigenvalue weighted by molar-refractivity contribution is -0.126. The number of hydrogen-bond acceptors (Lipinski definition) is 9. The molecular formula is C28H43ClN4O8S3. The quantitative estimate of drug-likeness (QED) is 0.167. The van der Waals surface area contributed by atoms with E-state index >= 15 is 0 Å². The van der Waals surface area contributed by atoms with Gasteiger partial charge in [0.1, 0.15) is 0 Å². The Hall–Kier alpha value is -3.37. The zero-order chi connectivity index (χ0) is 33.1. The fraction of sp³-hybridized carbons (Fsp3) is 0.321. The van der Waals surface area contributed by atoms with E-state index in [2.05, 4.69) is 16.0 Å². The number of rotatable bonds is 9. The summed E-state index contributed by atoms with van der Waals surface area (Å²) in [5, 5.41) is 11.3. The van der Waals surface area contributed by atoms with Crippen molar-refractivity contribution in [1.82, 2.24) is 5.48 Å². The number of sulfonamides is 2. The van der Waals surface area contributed by atoms with Crippen molar-refractivity contribution in [1.29, 1.82) is 0 Å². The van der Waals surface area contributed by atoms with E-state index in [-0.39, 0.29) is 18.9 Å². The summed E-state index contributed by atoms with van der Waals surface area (Å²) in [5.41, 5.74) is 3.59. The Bertz CT molecular complexity index is 1530. The fourth-order valence-electron chi connectivity index (χ4n) is 2.69. The lowest BCUT2D eigenvalue weighted by atomic mass is 10.3. The number of amides is 1. The predicted molar refractivity (Wildman–Crippen MR) is 181 cm³/mol. The third-order valence-corrected chi connectivity index (χ3v) is 10.1. The summed E-state index contributed by atoms with van der Waals surface area (Å²) in [5.74, 6) is -1.63. The van der Waals surface area contributed by atoms with E-state index in [0.29, 0.717) is 11.4 Å². The molecule has 3 rings (SSSR count). The number of nitrogens with zero attached hydrogens (tertiary/aromatic N) is 2. The van der Waals surface area contributed by atoms with Crippen LogP contribution in [0.5, 0.6) is 0 Å². The van der Waals surface area contributed by atoms with Crippen molar-refractivity contribution >= 4 is 62.7 Å². The van der Waals surface area contributed by atoms with Crippen LogP contribution in [0.1, 0.15) is 21.3 Å². The first-order valence-electron chi connectivity index (χ1n) is 12.7. The second-order valence-electron chi connectivity index (χ2n) is 8.24. The van der Waals surface area contributed by atoms with Gasteiger partial charge in [-0.05, 0) is 43.3 Å². The maximum absolute atomic E-state index is 11.7.